The van der Waals surface area contributed by atoms with Gasteiger partial charge in [-0.1, -0.05) is 35.9 Å². The molecule has 0 aliphatic rings. The fourth-order valence-electron chi connectivity index (χ4n) is 3.84. The molecule has 4 N–H and O–H groups in total. The molecule has 184 valence electrons. The zero-order valence-electron chi connectivity index (χ0n) is 18.7. The number of aromatic nitrogens is 2. The number of aliphatic hydroxyl groups excluding tert-OH is 3. The summed E-state index contributed by atoms with van der Waals surface area (Å²) in [5.41, 5.74) is 1.89. The van der Waals surface area contributed by atoms with Crippen LogP contribution < -0.4 is 10.1 Å². The molecular formula is C26H21ClFN3O4S. The molecule has 0 unspecified atom stereocenters. The predicted molar refractivity (Wildman–Crippen MR) is 138 cm³/mol. The lowest BCUT2D eigenvalue weighted by molar-refractivity contribution is -0.0151. The quantitative estimate of drug-likeness (QED) is 0.216. The number of anilines is 2. The second-order valence-corrected chi connectivity index (χ2v) is 9.58. The maximum atomic E-state index is 13.4. The van der Waals surface area contributed by atoms with Crippen molar-refractivity contribution in [3.05, 3.63) is 89.0 Å². The maximum Gasteiger partial charge on any atom is 0.143 e. The first kappa shape index (κ1) is 24.4. The Morgan fingerprint density at radius 3 is 2.69 bits per heavy atom. The number of aliphatic hydroxyl groups is 3. The van der Waals surface area contributed by atoms with Crippen molar-refractivity contribution in [2.75, 3.05) is 11.9 Å². The maximum absolute atomic E-state index is 13.4. The van der Waals surface area contributed by atoms with Crippen LogP contribution in [0.15, 0.2) is 67.0 Å². The summed E-state index contributed by atoms with van der Waals surface area (Å²) < 4.78 is 20.0. The van der Waals surface area contributed by atoms with Gasteiger partial charge in [0.05, 0.1) is 17.0 Å². The molecule has 10 heteroatoms. The summed E-state index contributed by atoms with van der Waals surface area (Å²) in [7, 11) is 0. The van der Waals surface area contributed by atoms with E-state index in [9.17, 15) is 14.6 Å². The van der Waals surface area contributed by atoms with Crippen LogP contribution in [0.5, 0.6) is 5.75 Å². The highest BCUT2D eigenvalue weighted by atomic mass is 35.5. The smallest absolute Gasteiger partial charge is 0.143 e. The minimum Gasteiger partial charge on any atom is -0.487 e. The first-order valence-corrected chi connectivity index (χ1v) is 12.2. The van der Waals surface area contributed by atoms with Crippen LogP contribution in [0.3, 0.4) is 0 Å². The lowest BCUT2D eigenvalue weighted by atomic mass is 10.0. The van der Waals surface area contributed by atoms with Crippen LogP contribution in [-0.2, 0) is 6.61 Å². The molecule has 5 aromatic rings. The van der Waals surface area contributed by atoms with Gasteiger partial charge in [0.15, 0.2) is 0 Å². The lowest BCUT2D eigenvalue weighted by Gasteiger charge is -2.15. The summed E-state index contributed by atoms with van der Waals surface area (Å²) in [6.45, 7) is -0.355. The third kappa shape index (κ3) is 4.97. The Hall–Kier alpha value is -3.34. The topological polar surface area (TPSA) is 108 Å². The number of rotatable bonds is 8. The highest BCUT2D eigenvalue weighted by Gasteiger charge is 2.19. The van der Waals surface area contributed by atoms with Crippen molar-refractivity contribution in [2.24, 2.45) is 0 Å². The molecule has 0 saturated carbocycles. The normalized spacial score (nSPS) is 13.1. The number of nitrogens with one attached hydrogen (secondary N) is 1. The van der Waals surface area contributed by atoms with Gasteiger partial charge in [-0.15, -0.1) is 11.3 Å². The Morgan fingerprint density at radius 1 is 1.06 bits per heavy atom. The van der Waals surface area contributed by atoms with Crippen LogP contribution in [0.1, 0.15) is 17.2 Å². The number of hydrogen-bond acceptors (Lipinski definition) is 8. The zero-order valence-corrected chi connectivity index (χ0v) is 20.3. The molecule has 0 saturated heterocycles. The molecule has 0 aliphatic heterocycles. The number of thiophene rings is 1. The van der Waals surface area contributed by atoms with Crippen LogP contribution >= 0.6 is 22.9 Å². The van der Waals surface area contributed by atoms with E-state index >= 15 is 0 Å². The number of fused-ring (bicyclic) bond motifs is 3. The average Bonchev–Trinajstić information content (AvgIpc) is 3.26. The van der Waals surface area contributed by atoms with E-state index in [1.54, 1.807) is 42.5 Å². The molecule has 0 spiro atoms. The molecule has 0 bridgehead atoms. The van der Waals surface area contributed by atoms with E-state index in [1.165, 1.54) is 29.8 Å². The van der Waals surface area contributed by atoms with E-state index in [0.29, 0.717) is 33.4 Å². The molecular weight excluding hydrogens is 505 g/mol. The van der Waals surface area contributed by atoms with Crippen LogP contribution in [0.2, 0.25) is 5.02 Å². The second kappa shape index (κ2) is 10.3. The van der Waals surface area contributed by atoms with E-state index in [1.807, 2.05) is 6.07 Å². The number of benzene rings is 3. The first-order chi connectivity index (χ1) is 17.4. The van der Waals surface area contributed by atoms with Gasteiger partial charge in [0.25, 0.3) is 0 Å². The van der Waals surface area contributed by atoms with Gasteiger partial charge < -0.3 is 25.4 Å². The molecule has 3 aromatic carbocycles. The van der Waals surface area contributed by atoms with Crippen molar-refractivity contribution in [1.29, 1.82) is 0 Å². The van der Waals surface area contributed by atoms with Gasteiger partial charge >= 0.3 is 0 Å². The van der Waals surface area contributed by atoms with E-state index < -0.39 is 18.8 Å². The molecule has 36 heavy (non-hydrogen) atoms. The van der Waals surface area contributed by atoms with E-state index in [2.05, 4.69) is 15.3 Å². The molecule has 2 aromatic heterocycles. The van der Waals surface area contributed by atoms with Gasteiger partial charge in [0.1, 0.15) is 47.4 Å². The predicted octanol–water partition coefficient (Wildman–Crippen LogP) is 5.35. The zero-order chi connectivity index (χ0) is 25.2. The van der Waals surface area contributed by atoms with Gasteiger partial charge in [-0.2, -0.15) is 0 Å². The third-order valence-electron chi connectivity index (χ3n) is 5.67. The largest absolute Gasteiger partial charge is 0.487 e. The molecule has 0 radical (unpaired) electrons. The monoisotopic (exact) mass is 525 g/mol. The fraction of sp³-hybridized carbons (Fsp3) is 0.154. The van der Waals surface area contributed by atoms with Crippen LogP contribution in [-0.4, -0.2) is 38.0 Å². The average molecular weight is 526 g/mol. The minimum atomic E-state index is -1.26. The Bertz CT molecular complexity index is 1550. The van der Waals surface area contributed by atoms with E-state index in [-0.39, 0.29) is 12.4 Å². The summed E-state index contributed by atoms with van der Waals surface area (Å²) in [5.74, 6) is 0.727. The van der Waals surface area contributed by atoms with E-state index in [0.717, 1.165) is 20.3 Å². The van der Waals surface area contributed by atoms with Crippen molar-refractivity contribution in [2.45, 2.75) is 18.8 Å². The Morgan fingerprint density at radius 2 is 1.92 bits per heavy atom. The molecule has 2 heterocycles. The van der Waals surface area contributed by atoms with Gasteiger partial charge in [-0.3, -0.25) is 0 Å². The number of hydrogen-bond donors (Lipinski definition) is 4. The highest BCUT2D eigenvalue weighted by molar-refractivity contribution is 7.25. The molecule has 7 nitrogen and oxygen atoms in total. The van der Waals surface area contributed by atoms with Gasteiger partial charge in [0, 0.05) is 15.8 Å². The van der Waals surface area contributed by atoms with Crippen molar-refractivity contribution in [3.8, 4) is 5.75 Å². The number of nitrogens with zero attached hydrogens (tertiary/aromatic N) is 2. The molecule has 2 atom stereocenters. The Balaban J connectivity index is 1.40. The molecule has 0 fully saturated rings. The third-order valence-corrected chi connectivity index (χ3v) is 7.02. The highest BCUT2D eigenvalue weighted by Crippen LogP contribution is 2.39. The van der Waals surface area contributed by atoms with Crippen LogP contribution in [0.25, 0.3) is 20.3 Å². The van der Waals surface area contributed by atoms with Crippen LogP contribution in [0.4, 0.5) is 15.9 Å². The van der Waals surface area contributed by atoms with Gasteiger partial charge in [-0.25, -0.2) is 14.4 Å². The second-order valence-electron chi connectivity index (χ2n) is 8.14. The number of ether oxygens (including phenoxy) is 1. The summed E-state index contributed by atoms with van der Waals surface area (Å²) in [6.07, 6.45) is -1.000. The molecule has 5 rings (SSSR count). The lowest BCUT2D eigenvalue weighted by Crippen LogP contribution is -2.21. The Labute approximate surface area is 214 Å². The van der Waals surface area contributed by atoms with Gasteiger partial charge in [0.2, 0.25) is 0 Å². The molecule has 0 amide bonds. The summed E-state index contributed by atoms with van der Waals surface area (Å²) in [4.78, 5) is 9.54. The number of halogens is 2. The van der Waals surface area contributed by atoms with Crippen molar-refractivity contribution in [1.82, 2.24) is 9.97 Å². The van der Waals surface area contributed by atoms with Gasteiger partial charge in [-0.05, 0) is 47.5 Å². The summed E-state index contributed by atoms with van der Waals surface area (Å²) in [6, 6.07) is 16.8. The van der Waals surface area contributed by atoms with Crippen molar-refractivity contribution < 1.29 is 24.4 Å². The van der Waals surface area contributed by atoms with E-state index in [4.69, 9.17) is 21.4 Å². The molecule has 0 aliphatic carbocycles. The first-order valence-electron chi connectivity index (χ1n) is 11.0. The minimum absolute atomic E-state index is 0.184. The standard InChI is InChI=1S/C26H21ClFN3O4S/c27-19-10-17(5-7-21(19)35-12-14-2-1-3-16(28)8-14)31-25-23-18-6-4-15(24(34)20(33)11-32)9-22(18)36-26(23)30-13-29-25/h1-10,13,20,24,32-34H,11-12H2,(H,29,30,31)/t20-,24-/m0/s1. The fourth-order valence-corrected chi connectivity index (χ4v) is 5.17. The Kier molecular flexibility index (Phi) is 6.99. The van der Waals surface area contributed by atoms with Crippen molar-refractivity contribution >= 4 is 54.7 Å². The van der Waals surface area contributed by atoms with Crippen molar-refractivity contribution in [3.63, 3.8) is 0 Å². The summed E-state index contributed by atoms with van der Waals surface area (Å²) in [5, 5.41) is 34.5. The summed E-state index contributed by atoms with van der Waals surface area (Å²) >= 11 is 7.87. The van der Waals surface area contributed by atoms with Crippen LogP contribution in [0, 0.1) is 5.82 Å². The SMILES string of the molecule is OC[C@H](O)[C@@H](O)c1ccc2c(c1)sc1ncnc(Nc3ccc(OCc4cccc(F)c4)c(Cl)c3)c12.